The summed E-state index contributed by atoms with van der Waals surface area (Å²) in [6, 6.07) is 0. The highest BCUT2D eigenvalue weighted by Crippen LogP contribution is 2.67. The summed E-state index contributed by atoms with van der Waals surface area (Å²) < 4.78 is 35.4. The Morgan fingerprint density at radius 2 is 1.52 bits per heavy atom. The summed E-state index contributed by atoms with van der Waals surface area (Å²) in [7, 11) is 0. The zero-order chi connectivity index (χ0) is 46.6. The Hall–Kier alpha value is -1.72. The maximum atomic E-state index is 13.6. The van der Waals surface area contributed by atoms with E-state index < -0.39 is 105 Å². The van der Waals surface area contributed by atoms with Crippen LogP contribution in [0.4, 0.5) is 0 Å². The molecule has 3 heterocycles. The lowest BCUT2D eigenvalue weighted by Gasteiger charge is -2.58. The topological polar surface area (TPSA) is 284 Å². The molecule has 366 valence electrons. The van der Waals surface area contributed by atoms with E-state index >= 15 is 0 Å². The minimum atomic E-state index is -1.74. The van der Waals surface area contributed by atoms with Crippen molar-refractivity contribution < 1.29 is 84.0 Å². The van der Waals surface area contributed by atoms with Gasteiger partial charge in [0.05, 0.1) is 31.5 Å². The van der Waals surface area contributed by atoms with Crippen molar-refractivity contribution in [1.29, 1.82) is 0 Å². The van der Waals surface area contributed by atoms with Crippen LogP contribution in [0.25, 0.3) is 0 Å². The van der Waals surface area contributed by atoms with E-state index in [2.05, 4.69) is 25.2 Å². The smallest absolute Gasteiger partial charge is 0.216 e. The van der Waals surface area contributed by atoms with Crippen LogP contribution in [0.2, 0.25) is 0 Å². The number of carbonyl (C=O) groups is 2. The van der Waals surface area contributed by atoms with Crippen molar-refractivity contribution in [3.8, 4) is 0 Å². The molecule has 0 unspecified atom stereocenters. The Bertz CT molecular complexity index is 1650. The average Bonchev–Trinajstić information content (AvgIpc) is 3.54. The number of fused-ring (bicyclic) bond motifs is 5. The molecule has 18 nitrogen and oxygen atoms in total. The number of carbonyl (C=O) groups excluding carboxylic acids is 2. The number of nitrogens with one attached hydrogen (secondary N) is 1. The fourth-order valence-corrected chi connectivity index (χ4v) is 12.9. The van der Waals surface area contributed by atoms with Gasteiger partial charge in [0.2, 0.25) is 5.91 Å². The first kappa shape index (κ1) is 50.2. The molecule has 1 amide bonds. The number of Topliss-reactive ketones (excluding diaryl/α,β-unsaturated/α-hetero) is 1. The van der Waals surface area contributed by atoms with Crippen molar-refractivity contribution >= 4 is 11.7 Å². The van der Waals surface area contributed by atoms with Crippen molar-refractivity contribution in [2.24, 2.45) is 46.3 Å². The largest absolute Gasteiger partial charge is 0.394 e. The Balaban J connectivity index is 0.972. The van der Waals surface area contributed by atoms with Crippen LogP contribution in [-0.4, -0.2) is 176 Å². The summed E-state index contributed by atoms with van der Waals surface area (Å²) in [5, 5.41) is 99.9. The number of ketones is 1. The zero-order valence-corrected chi connectivity index (χ0v) is 38.1. The van der Waals surface area contributed by atoms with Crippen LogP contribution < -0.4 is 5.32 Å². The van der Waals surface area contributed by atoms with E-state index in [9.17, 15) is 55.5 Å². The van der Waals surface area contributed by atoms with Crippen LogP contribution in [0, 0.1) is 46.3 Å². The molecular weight excluding hydrogens is 838 g/mol. The number of hydrogen-bond donors (Lipinski definition) is 10. The van der Waals surface area contributed by atoms with E-state index in [1.165, 1.54) is 19.4 Å². The molecule has 64 heavy (non-hydrogen) atoms. The second-order valence-corrected chi connectivity index (χ2v) is 20.8. The van der Waals surface area contributed by atoms with Gasteiger partial charge in [0.25, 0.3) is 0 Å². The van der Waals surface area contributed by atoms with E-state index in [4.69, 9.17) is 28.4 Å². The van der Waals surface area contributed by atoms with Crippen LogP contribution in [0.5, 0.6) is 0 Å². The van der Waals surface area contributed by atoms with Gasteiger partial charge in [0, 0.05) is 25.8 Å². The molecule has 0 radical (unpaired) electrons. The van der Waals surface area contributed by atoms with Crippen LogP contribution in [-0.2, 0) is 38.0 Å². The first-order chi connectivity index (χ1) is 30.2. The number of aliphatic hydroxyl groups is 9. The molecule has 4 aliphatic carbocycles. The molecule has 0 aromatic rings. The summed E-state index contributed by atoms with van der Waals surface area (Å²) in [4.78, 5) is 25.0. The third-order valence-corrected chi connectivity index (χ3v) is 16.8. The van der Waals surface area contributed by atoms with Crippen molar-refractivity contribution in [2.45, 2.75) is 198 Å². The second-order valence-electron chi connectivity index (χ2n) is 20.8. The molecule has 7 rings (SSSR count). The fraction of sp³-hybridized carbons (Fsp3) is 0.913. The standard InChI is InChI=1S/C46H75NO17/c1-20(17-47-23(4)49)7-10-29(50)21(2)33-30(51)16-28-26-9-8-24-15-25(11-13-45(24,5)27(26)12-14-46(28,33)6)61-43-39(58)37(56)40(32(18-48)62-43)63-44-41(36(55)34(53)22(3)60-44)64-42-38(57)35(54)31(52)19-59-42/h8,20-22,25-28,30-44,48,51-58H,7,9-19H2,1-6H3,(H,47,49)/t20-,21-,22+,25+,26-,27+,28+,30-,31-,32-,33+,34+,35+,36-,37-,38-,39-,40-,41-,42+,43-,44+,45+,46+/m1/s1. The van der Waals surface area contributed by atoms with E-state index in [1.54, 1.807) is 0 Å². The Labute approximate surface area is 375 Å². The van der Waals surface area contributed by atoms with Crippen LogP contribution >= 0.6 is 0 Å². The maximum Gasteiger partial charge on any atom is 0.216 e. The molecule has 0 bridgehead atoms. The Kier molecular flexibility index (Phi) is 15.7. The molecule has 3 saturated carbocycles. The van der Waals surface area contributed by atoms with Crippen LogP contribution in [0.3, 0.4) is 0 Å². The SMILES string of the molecule is CC(=O)NC[C@H](C)CCC(=O)[C@@H](C)[C@H]1[C@H](O)C[C@H]2[C@@H]3CC=C4C[C@@H](O[C@@H]5O[C@H](CO)[C@@H](O[C@@H]6O[C@@H](C)[C@H](O)[C@@H](O)[C@H]6O[C@@H]6OC[C@@H](O)[C@H](O)[C@H]6O)[C@H](O)[C@H]5O)CC[C@]4(C)[C@H]3CC[C@]12C. The van der Waals surface area contributed by atoms with Crippen LogP contribution in [0.1, 0.15) is 99.3 Å². The predicted molar refractivity (Wildman–Crippen MR) is 224 cm³/mol. The molecule has 3 aliphatic heterocycles. The number of rotatable bonds is 14. The highest BCUT2D eigenvalue weighted by molar-refractivity contribution is 5.81. The molecule has 3 saturated heterocycles. The van der Waals surface area contributed by atoms with E-state index in [1.807, 2.05) is 13.8 Å². The van der Waals surface area contributed by atoms with Gasteiger partial charge < -0.3 is 79.7 Å². The minimum absolute atomic E-state index is 0.0825. The Morgan fingerprint density at radius 3 is 2.22 bits per heavy atom. The van der Waals surface area contributed by atoms with Crippen molar-refractivity contribution in [3.63, 3.8) is 0 Å². The average molecular weight is 914 g/mol. The lowest BCUT2D eigenvalue weighted by molar-refractivity contribution is -0.382. The molecular formula is C46H75NO17. The molecule has 0 aromatic heterocycles. The molecule has 0 aromatic carbocycles. The van der Waals surface area contributed by atoms with Gasteiger partial charge in [-0.1, -0.05) is 39.3 Å². The number of aliphatic hydroxyl groups excluding tert-OH is 9. The number of allylic oxidation sites excluding steroid dienone is 1. The summed E-state index contributed by atoms with van der Waals surface area (Å²) in [5.41, 5.74) is 0.994. The summed E-state index contributed by atoms with van der Waals surface area (Å²) in [6.45, 7) is 11.1. The van der Waals surface area contributed by atoms with Crippen molar-refractivity contribution in [2.75, 3.05) is 19.8 Å². The molecule has 7 aliphatic rings. The van der Waals surface area contributed by atoms with Gasteiger partial charge in [-0.15, -0.1) is 0 Å². The molecule has 18 heteroatoms. The number of hydrogen-bond acceptors (Lipinski definition) is 17. The van der Waals surface area contributed by atoms with Crippen molar-refractivity contribution in [1.82, 2.24) is 5.32 Å². The third kappa shape index (κ3) is 9.63. The Morgan fingerprint density at radius 1 is 0.828 bits per heavy atom. The minimum Gasteiger partial charge on any atom is -0.394 e. The van der Waals surface area contributed by atoms with E-state index in [-0.39, 0.29) is 52.3 Å². The molecule has 10 N–H and O–H groups in total. The molecule has 0 spiro atoms. The summed E-state index contributed by atoms with van der Waals surface area (Å²) in [5.74, 6) is 0.901. The normalized spacial score (nSPS) is 49.1. The van der Waals surface area contributed by atoms with E-state index in [0.29, 0.717) is 50.5 Å². The molecule has 6 fully saturated rings. The lowest BCUT2D eigenvalue weighted by atomic mass is 9.47. The van der Waals surface area contributed by atoms with Gasteiger partial charge in [-0.3, -0.25) is 9.59 Å². The van der Waals surface area contributed by atoms with Crippen LogP contribution in [0.15, 0.2) is 11.6 Å². The highest BCUT2D eigenvalue weighted by Gasteiger charge is 2.63. The quantitative estimate of drug-likeness (QED) is 0.101. The second kappa shape index (κ2) is 20.1. The lowest BCUT2D eigenvalue weighted by Crippen LogP contribution is -2.66. The van der Waals surface area contributed by atoms with Gasteiger partial charge in [-0.05, 0) is 98.7 Å². The van der Waals surface area contributed by atoms with Gasteiger partial charge in [-0.2, -0.15) is 0 Å². The maximum absolute atomic E-state index is 13.6. The summed E-state index contributed by atoms with van der Waals surface area (Å²) in [6.07, 6.45) is -13.0. The van der Waals surface area contributed by atoms with Crippen molar-refractivity contribution in [3.05, 3.63) is 11.6 Å². The number of ether oxygens (including phenoxy) is 6. The van der Waals surface area contributed by atoms with Gasteiger partial charge in [0.15, 0.2) is 18.9 Å². The number of amides is 1. The van der Waals surface area contributed by atoms with E-state index in [0.717, 1.165) is 25.7 Å². The van der Waals surface area contributed by atoms with Gasteiger partial charge in [0.1, 0.15) is 66.8 Å². The zero-order valence-electron chi connectivity index (χ0n) is 38.1. The first-order valence-corrected chi connectivity index (χ1v) is 23.6. The first-order valence-electron chi connectivity index (χ1n) is 23.6. The third-order valence-electron chi connectivity index (χ3n) is 16.8. The fourth-order valence-electron chi connectivity index (χ4n) is 12.9. The van der Waals surface area contributed by atoms with Gasteiger partial charge in [-0.25, -0.2) is 0 Å². The monoisotopic (exact) mass is 914 g/mol. The molecule has 24 atom stereocenters. The summed E-state index contributed by atoms with van der Waals surface area (Å²) >= 11 is 0. The van der Waals surface area contributed by atoms with Gasteiger partial charge >= 0.3 is 0 Å². The predicted octanol–water partition coefficient (Wildman–Crippen LogP) is -0.206. The highest BCUT2D eigenvalue weighted by atomic mass is 16.8.